The predicted octanol–water partition coefficient (Wildman–Crippen LogP) is 5.48. The first-order valence-electron chi connectivity index (χ1n) is 11.3. The summed E-state index contributed by atoms with van der Waals surface area (Å²) in [5, 5.41) is 5.70. The number of nitrogens with zero attached hydrogens (tertiary/aromatic N) is 1. The van der Waals surface area contributed by atoms with Gasteiger partial charge in [0.25, 0.3) is 0 Å². The Morgan fingerprint density at radius 2 is 2.06 bits per heavy atom. The van der Waals surface area contributed by atoms with E-state index in [2.05, 4.69) is 10.6 Å². The fraction of sp³-hybridized carbons (Fsp3) is 0.360. The zero-order valence-electron chi connectivity index (χ0n) is 18.6. The van der Waals surface area contributed by atoms with Gasteiger partial charge in [0.05, 0.1) is 11.3 Å². The fourth-order valence-electron chi connectivity index (χ4n) is 4.88. The van der Waals surface area contributed by atoms with E-state index in [1.165, 1.54) is 12.1 Å². The quantitative estimate of drug-likeness (QED) is 0.583. The molecule has 178 valence electrons. The Labute approximate surface area is 194 Å². The number of hydrogen-bond donors (Lipinski definition) is 2. The third-order valence-corrected chi connectivity index (χ3v) is 6.74. The molecule has 2 heterocycles. The van der Waals surface area contributed by atoms with E-state index in [-0.39, 0.29) is 24.2 Å². The number of carbonyl (C=O) groups excluding carboxylic acids is 2. The summed E-state index contributed by atoms with van der Waals surface area (Å²) in [6.45, 7) is 2.64. The molecule has 6 nitrogen and oxygen atoms in total. The second kappa shape index (κ2) is 8.07. The minimum atomic E-state index is -4.47. The Morgan fingerprint density at radius 1 is 1.26 bits per heavy atom. The van der Waals surface area contributed by atoms with Gasteiger partial charge in [-0.2, -0.15) is 13.2 Å². The molecule has 1 aliphatic carbocycles. The van der Waals surface area contributed by atoms with Crippen molar-refractivity contribution in [3.63, 3.8) is 0 Å². The topological polar surface area (TPSA) is 70.7 Å². The highest BCUT2D eigenvalue weighted by atomic mass is 19.4. The Kier molecular flexibility index (Phi) is 5.30. The van der Waals surface area contributed by atoms with E-state index < -0.39 is 17.3 Å². The van der Waals surface area contributed by atoms with E-state index in [9.17, 15) is 22.8 Å². The molecule has 3 amide bonds. The number of alkyl halides is 3. The molecule has 0 aromatic heterocycles. The van der Waals surface area contributed by atoms with Crippen molar-refractivity contribution in [2.24, 2.45) is 0 Å². The van der Waals surface area contributed by atoms with Crippen LogP contribution in [0.1, 0.15) is 49.3 Å². The maximum Gasteiger partial charge on any atom is 0.416 e. The number of rotatable bonds is 3. The van der Waals surface area contributed by atoms with Gasteiger partial charge in [-0.3, -0.25) is 9.69 Å². The zero-order chi connectivity index (χ0) is 24.1. The van der Waals surface area contributed by atoms with Crippen LogP contribution in [-0.4, -0.2) is 24.1 Å². The number of urea groups is 1. The van der Waals surface area contributed by atoms with Gasteiger partial charge in [-0.05, 0) is 56.0 Å². The molecule has 2 aromatic carbocycles. The number of benzene rings is 2. The van der Waals surface area contributed by atoms with Crippen LogP contribution >= 0.6 is 0 Å². The highest BCUT2D eigenvalue weighted by Gasteiger charge is 2.44. The van der Waals surface area contributed by atoms with Crippen LogP contribution in [0.5, 0.6) is 5.75 Å². The number of halogens is 3. The van der Waals surface area contributed by atoms with E-state index in [0.29, 0.717) is 29.8 Å². The minimum absolute atomic E-state index is 0.165. The standard InChI is InChI=1S/C25H24F3N3O3/c1-2-31-20-6-3-5-19(18(20)14-29-23(31)33)30-22(32)11-15-13-24(9-4-10-24)34-21-12-16(25(26,27)28)7-8-17(15)21/h3,5-8,11-12H,2,4,9-10,13-14H2,1H3,(H,29,33)(H,30,32)/b15-11+. The lowest BCUT2D eigenvalue weighted by Crippen LogP contribution is -2.45. The van der Waals surface area contributed by atoms with E-state index in [4.69, 9.17) is 4.74 Å². The van der Waals surface area contributed by atoms with Crippen molar-refractivity contribution in [2.45, 2.75) is 50.9 Å². The van der Waals surface area contributed by atoms with Crippen LogP contribution < -0.4 is 20.3 Å². The Morgan fingerprint density at radius 3 is 2.74 bits per heavy atom. The van der Waals surface area contributed by atoms with Crippen molar-refractivity contribution in [3.8, 4) is 5.75 Å². The van der Waals surface area contributed by atoms with Crippen LogP contribution in [0.2, 0.25) is 0 Å². The van der Waals surface area contributed by atoms with Crippen LogP contribution in [0.25, 0.3) is 5.57 Å². The molecular formula is C25H24F3N3O3. The van der Waals surface area contributed by atoms with Gasteiger partial charge in [-0.1, -0.05) is 12.1 Å². The van der Waals surface area contributed by atoms with Gasteiger partial charge in [-0.25, -0.2) is 4.79 Å². The minimum Gasteiger partial charge on any atom is -0.486 e. The van der Waals surface area contributed by atoms with Crippen molar-refractivity contribution >= 4 is 28.9 Å². The number of amides is 3. The van der Waals surface area contributed by atoms with Gasteiger partial charge >= 0.3 is 12.2 Å². The summed E-state index contributed by atoms with van der Waals surface area (Å²) < 4.78 is 45.8. The van der Waals surface area contributed by atoms with Crippen LogP contribution in [0, 0.1) is 0 Å². The number of nitrogens with one attached hydrogen (secondary N) is 2. The normalized spacial score (nSPS) is 19.6. The first-order valence-corrected chi connectivity index (χ1v) is 11.3. The summed E-state index contributed by atoms with van der Waals surface area (Å²) in [6.07, 6.45) is -0.152. The second-order valence-corrected chi connectivity index (χ2v) is 8.89. The number of carbonyl (C=O) groups is 2. The number of anilines is 2. The van der Waals surface area contributed by atoms with Crippen LogP contribution in [0.3, 0.4) is 0 Å². The molecule has 1 saturated carbocycles. The molecule has 34 heavy (non-hydrogen) atoms. The molecule has 0 radical (unpaired) electrons. The molecule has 0 bridgehead atoms. The van der Waals surface area contributed by atoms with Gasteiger partial charge in [0.15, 0.2) is 0 Å². The molecule has 0 atom stereocenters. The fourth-order valence-corrected chi connectivity index (χ4v) is 4.88. The molecule has 2 aromatic rings. The van der Waals surface area contributed by atoms with Gasteiger partial charge in [0.1, 0.15) is 11.4 Å². The van der Waals surface area contributed by atoms with Gasteiger partial charge in [0.2, 0.25) is 5.91 Å². The molecule has 5 rings (SSSR count). The number of ether oxygens (including phenoxy) is 1. The van der Waals surface area contributed by atoms with E-state index >= 15 is 0 Å². The second-order valence-electron chi connectivity index (χ2n) is 8.89. The molecule has 2 N–H and O–H groups in total. The molecular weight excluding hydrogens is 447 g/mol. The molecule has 2 aliphatic heterocycles. The molecule has 0 saturated heterocycles. The SMILES string of the molecule is CCN1C(=O)NCc2c(NC(=O)/C=C3\CC4(CCC4)Oc4cc(C(F)(F)F)ccc43)cccc21. The summed E-state index contributed by atoms with van der Waals surface area (Å²) in [6, 6.07) is 8.60. The van der Waals surface area contributed by atoms with Crippen molar-refractivity contribution in [3.05, 3.63) is 59.2 Å². The maximum absolute atomic E-state index is 13.2. The summed E-state index contributed by atoms with van der Waals surface area (Å²) >= 11 is 0. The lowest BCUT2D eigenvalue weighted by molar-refractivity contribution is -0.138. The van der Waals surface area contributed by atoms with Crippen molar-refractivity contribution in [1.29, 1.82) is 0 Å². The van der Waals surface area contributed by atoms with Crippen molar-refractivity contribution < 1.29 is 27.5 Å². The Bertz CT molecular complexity index is 1200. The van der Waals surface area contributed by atoms with Crippen LogP contribution in [-0.2, 0) is 17.5 Å². The molecule has 3 aliphatic rings. The van der Waals surface area contributed by atoms with Crippen LogP contribution in [0.15, 0.2) is 42.5 Å². The Balaban J connectivity index is 1.46. The zero-order valence-corrected chi connectivity index (χ0v) is 18.6. The first-order chi connectivity index (χ1) is 16.2. The highest BCUT2D eigenvalue weighted by Crippen LogP contribution is 2.50. The van der Waals surface area contributed by atoms with E-state index in [0.717, 1.165) is 42.6 Å². The lowest BCUT2D eigenvalue weighted by Gasteiger charge is -2.46. The first kappa shape index (κ1) is 22.3. The predicted molar refractivity (Wildman–Crippen MR) is 122 cm³/mol. The average molecular weight is 471 g/mol. The third-order valence-electron chi connectivity index (χ3n) is 6.74. The molecule has 0 unspecified atom stereocenters. The average Bonchev–Trinajstić information content (AvgIpc) is 2.77. The number of fused-ring (bicyclic) bond motifs is 2. The molecule has 1 fully saturated rings. The largest absolute Gasteiger partial charge is 0.486 e. The van der Waals surface area contributed by atoms with Gasteiger partial charge < -0.3 is 15.4 Å². The summed E-state index contributed by atoms with van der Waals surface area (Å²) in [5.74, 6) is -0.219. The monoisotopic (exact) mass is 471 g/mol. The summed E-state index contributed by atoms with van der Waals surface area (Å²) in [4.78, 5) is 26.7. The van der Waals surface area contributed by atoms with E-state index in [1.807, 2.05) is 13.0 Å². The molecule has 1 spiro atoms. The molecule has 9 heteroatoms. The maximum atomic E-state index is 13.2. The third kappa shape index (κ3) is 3.89. The highest BCUT2D eigenvalue weighted by molar-refractivity contribution is 6.06. The van der Waals surface area contributed by atoms with Crippen LogP contribution in [0.4, 0.5) is 29.3 Å². The number of hydrogen-bond acceptors (Lipinski definition) is 3. The Hall–Kier alpha value is -3.49. The van der Waals surface area contributed by atoms with Crippen molar-refractivity contribution in [2.75, 3.05) is 16.8 Å². The van der Waals surface area contributed by atoms with Gasteiger partial charge in [0, 0.05) is 42.4 Å². The van der Waals surface area contributed by atoms with E-state index in [1.54, 1.807) is 17.0 Å². The summed E-state index contributed by atoms with van der Waals surface area (Å²) in [5.41, 5.74) is 1.94. The van der Waals surface area contributed by atoms with Crippen molar-refractivity contribution in [1.82, 2.24) is 5.32 Å². The lowest BCUT2D eigenvalue weighted by atomic mass is 9.72. The summed E-state index contributed by atoms with van der Waals surface area (Å²) in [7, 11) is 0. The van der Waals surface area contributed by atoms with Gasteiger partial charge in [-0.15, -0.1) is 0 Å². The smallest absolute Gasteiger partial charge is 0.416 e.